The molecule has 0 radical (unpaired) electrons. The Kier molecular flexibility index (Phi) is 7.47. The van der Waals surface area contributed by atoms with Crippen molar-refractivity contribution in [2.75, 3.05) is 5.32 Å². The first-order valence-electron chi connectivity index (χ1n) is 9.13. The van der Waals surface area contributed by atoms with Gasteiger partial charge in [0.1, 0.15) is 0 Å². The van der Waals surface area contributed by atoms with Crippen molar-refractivity contribution in [2.45, 2.75) is 64.5 Å². The minimum absolute atomic E-state index is 0.151. The highest BCUT2D eigenvalue weighted by Gasteiger charge is 2.25. The third-order valence-corrected chi connectivity index (χ3v) is 4.88. The fourth-order valence-corrected chi connectivity index (χ4v) is 2.86. The topological polar surface area (TPSA) is 91.8 Å². The lowest BCUT2D eigenvalue weighted by molar-refractivity contribution is 0.142. The van der Waals surface area contributed by atoms with Gasteiger partial charge in [-0.15, -0.1) is 0 Å². The van der Waals surface area contributed by atoms with Crippen molar-refractivity contribution in [1.29, 1.82) is 0 Å². The average molecular weight is 395 g/mol. The number of oxime groups is 1. The van der Waals surface area contributed by atoms with Gasteiger partial charge in [0.15, 0.2) is 0 Å². The predicted octanol–water partition coefficient (Wildman–Crippen LogP) is 4.67. The van der Waals surface area contributed by atoms with Crippen molar-refractivity contribution >= 4 is 35.1 Å². The molecule has 0 bridgehead atoms. The molecule has 0 aromatic heterocycles. The van der Waals surface area contributed by atoms with Crippen molar-refractivity contribution in [3.8, 4) is 0 Å². The Morgan fingerprint density at radius 1 is 1.15 bits per heavy atom. The number of nitrogens with zero attached hydrogens (tertiary/aromatic N) is 1. The van der Waals surface area contributed by atoms with Crippen LogP contribution in [0, 0.1) is 0 Å². The molecule has 3 N–H and O–H groups in total. The normalized spacial score (nSPS) is 15.8. The van der Waals surface area contributed by atoms with Gasteiger partial charge in [0.25, 0.3) is 0 Å². The molecule has 1 aromatic rings. The maximum atomic E-state index is 12.2. The smallest absolute Gasteiger partial charge is 0.328 e. The van der Waals surface area contributed by atoms with Gasteiger partial charge in [-0.2, -0.15) is 0 Å². The third kappa shape index (κ3) is 7.09. The Bertz CT molecular complexity index is 683. The van der Waals surface area contributed by atoms with E-state index in [1.807, 2.05) is 0 Å². The highest BCUT2D eigenvalue weighted by molar-refractivity contribution is 6.30. The van der Waals surface area contributed by atoms with E-state index < -0.39 is 17.7 Å². The van der Waals surface area contributed by atoms with E-state index in [1.165, 1.54) is 6.42 Å². The van der Waals surface area contributed by atoms with E-state index >= 15 is 0 Å². The molecule has 8 heteroatoms. The summed E-state index contributed by atoms with van der Waals surface area (Å²) >= 11 is 5.83. The largest absolute Gasteiger partial charge is 0.433 e. The molecule has 1 aromatic carbocycles. The van der Waals surface area contributed by atoms with E-state index in [-0.39, 0.29) is 6.04 Å². The van der Waals surface area contributed by atoms with E-state index in [4.69, 9.17) is 16.4 Å². The highest BCUT2D eigenvalue weighted by atomic mass is 35.5. The molecule has 1 aliphatic carbocycles. The van der Waals surface area contributed by atoms with Crippen LogP contribution in [0.3, 0.4) is 0 Å². The highest BCUT2D eigenvalue weighted by Crippen LogP contribution is 2.17. The Labute approximate surface area is 164 Å². The number of halogens is 1. The Morgan fingerprint density at radius 3 is 2.41 bits per heavy atom. The molecule has 3 amide bonds. The van der Waals surface area contributed by atoms with Gasteiger partial charge in [-0.3, -0.25) is 4.84 Å². The van der Waals surface area contributed by atoms with Crippen molar-refractivity contribution < 1.29 is 14.4 Å². The van der Waals surface area contributed by atoms with Crippen LogP contribution in [-0.2, 0) is 4.84 Å². The number of benzene rings is 1. The van der Waals surface area contributed by atoms with Gasteiger partial charge in [-0.05, 0) is 57.9 Å². The zero-order valence-corrected chi connectivity index (χ0v) is 16.7. The summed E-state index contributed by atoms with van der Waals surface area (Å²) in [6.07, 6.45) is 4.82. The molecule has 0 atom stereocenters. The molecule has 1 saturated carbocycles. The van der Waals surface area contributed by atoms with Gasteiger partial charge in [0.05, 0.1) is 11.3 Å². The van der Waals surface area contributed by atoms with Crippen LogP contribution in [0.5, 0.6) is 0 Å². The van der Waals surface area contributed by atoms with Gasteiger partial charge < -0.3 is 16.0 Å². The van der Waals surface area contributed by atoms with Crippen LogP contribution in [0.25, 0.3) is 0 Å². The summed E-state index contributed by atoms with van der Waals surface area (Å²) in [5.41, 5.74) is 0.277. The Morgan fingerprint density at radius 2 is 1.78 bits per heavy atom. The number of carbonyl (C=O) groups is 2. The van der Waals surface area contributed by atoms with Gasteiger partial charge in [-0.25, -0.2) is 9.59 Å². The van der Waals surface area contributed by atoms with E-state index in [0.717, 1.165) is 25.7 Å². The Hall–Kier alpha value is -2.28. The molecule has 148 valence electrons. The summed E-state index contributed by atoms with van der Waals surface area (Å²) < 4.78 is 0. The van der Waals surface area contributed by atoms with Crippen LogP contribution in [0.2, 0.25) is 5.02 Å². The fraction of sp³-hybridized carbons (Fsp3) is 0.526. The number of hydrogen-bond acceptors (Lipinski definition) is 4. The van der Waals surface area contributed by atoms with Crippen molar-refractivity contribution in [1.82, 2.24) is 10.6 Å². The molecular formula is C19H27ClN4O3. The number of carbonyl (C=O) groups excluding carboxylic acids is 2. The number of nitrogens with one attached hydrogen (secondary N) is 3. The molecule has 2 rings (SSSR count). The number of hydrogen-bond donors (Lipinski definition) is 3. The van der Waals surface area contributed by atoms with Gasteiger partial charge in [0.2, 0.25) is 0 Å². The summed E-state index contributed by atoms with van der Waals surface area (Å²) in [4.78, 5) is 29.0. The number of rotatable bonds is 5. The van der Waals surface area contributed by atoms with E-state index in [0.29, 0.717) is 16.4 Å². The van der Waals surface area contributed by atoms with Crippen LogP contribution in [-0.4, -0.2) is 29.4 Å². The molecule has 0 saturated heterocycles. The molecule has 0 unspecified atom stereocenters. The van der Waals surface area contributed by atoms with Crippen molar-refractivity contribution in [2.24, 2.45) is 5.16 Å². The minimum Gasteiger partial charge on any atom is -0.328 e. The monoisotopic (exact) mass is 394 g/mol. The molecular weight excluding hydrogens is 368 g/mol. The maximum absolute atomic E-state index is 12.2. The summed E-state index contributed by atoms with van der Waals surface area (Å²) in [5, 5.41) is 12.8. The molecule has 1 aliphatic rings. The lowest BCUT2D eigenvalue weighted by atomic mass is 9.96. The SMILES string of the molecule is C/C(=N/OC(=O)NC1CCCCC1)C(C)(C)NC(=O)Nc1ccc(Cl)cc1. The minimum atomic E-state index is -0.804. The molecule has 1 fully saturated rings. The second-order valence-corrected chi connectivity index (χ2v) is 7.68. The van der Waals surface area contributed by atoms with Crippen molar-refractivity contribution in [3.05, 3.63) is 29.3 Å². The summed E-state index contributed by atoms with van der Waals surface area (Å²) in [6, 6.07) is 6.53. The maximum Gasteiger partial charge on any atom is 0.433 e. The zero-order chi connectivity index (χ0) is 19.9. The summed E-state index contributed by atoms with van der Waals surface area (Å²) in [7, 11) is 0. The molecule has 27 heavy (non-hydrogen) atoms. The zero-order valence-electron chi connectivity index (χ0n) is 16.0. The first-order chi connectivity index (χ1) is 12.8. The van der Waals surface area contributed by atoms with Crippen LogP contribution in [0.4, 0.5) is 15.3 Å². The average Bonchev–Trinajstić information content (AvgIpc) is 2.62. The lowest BCUT2D eigenvalue weighted by Gasteiger charge is -2.26. The van der Waals surface area contributed by atoms with E-state index in [1.54, 1.807) is 45.0 Å². The predicted molar refractivity (Wildman–Crippen MR) is 107 cm³/mol. The fourth-order valence-electron chi connectivity index (χ4n) is 2.73. The summed E-state index contributed by atoms with van der Waals surface area (Å²) in [6.45, 7) is 5.24. The third-order valence-electron chi connectivity index (χ3n) is 4.63. The second kappa shape index (κ2) is 9.60. The van der Waals surface area contributed by atoms with E-state index in [2.05, 4.69) is 21.1 Å². The van der Waals surface area contributed by atoms with Crippen LogP contribution in [0.15, 0.2) is 29.4 Å². The van der Waals surface area contributed by atoms with Crippen molar-refractivity contribution in [3.63, 3.8) is 0 Å². The number of urea groups is 1. The van der Waals surface area contributed by atoms with Gasteiger partial charge in [0, 0.05) is 16.8 Å². The molecule has 0 heterocycles. The number of anilines is 1. The van der Waals surface area contributed by atoms with E-state index in [9.17, 15) is 9.59 Å². The first kappa shape index (κ1) is 21.0. The summed E-state index contributed by atoms with van der Waals surface area (Å²) in [5.74, 6) is 0. The van der Waals surface area contributed by atoms with Gasteiger partial charge in [-0.1, -0.05) is 36.0 Å². The quantitative estimate of drug-likeness (QED) is 0.384. The van der Waals surface area contributed by atoms with Crippen LogP contribution in [0.1, 0.15) is 52.9 Å². The second-order valence-electron chi connectivity index (χ2n) is 7.25. The Balaban J connectivity index is 1.83. The first-order valence-corrected chi connectivity index (χ1v) is 9.51. The van der Waals surface area contributed by atoms with Gasteiger partial charge >= 0.3 is 12.1 Å². The molecule has 0 spiro atoms. The van der Waals surface area contributed by atoms with Crippen LogP contribution < -0.4 is 16.0 Å². The van der Waals surface area contributed by atoms with Crippen LogP contribution >= 0.6 is 11.6 Å². The molecule has 7 nitrogen and oxygen atoms in total. The standard InChI is InChI=1S/C19H27ClN4O3/c1-13(24-27-18(26)22-15-7-5-4-6-8-15)19(2,3)23-17(25)21-16-11-9-14(20)10-12-16/h9-12,15H,4-8H2,1-3H3,(H,22,26)(H2,21,23,25)/b24-13-. The lowest BCUT2D eigenvalue weighted by Crippen LogP contribution is -2.50. The number of amides is 3. The molecule has 0 aliphatic heterocycles.